The molecule has 0 spiro atoms. The molecule has 1 aliphatic rings. The third-order valence-electron chi connectivity index (χ3n) is 4.13. The van der Waals surface area contributed by atoms with Crippen LogP contribution in [0.4, 0.5) is 0 Å². The summed E-state index contributed by atoms with van der Waals surface area (Å²) in [6.07, 6.45) is 6.74. The van der Waals surface area contributed by atoms with Gasteiger partial charge in [-0.05, 0) is 58.3 Å². The Morgan fingerprint density at radius 1 is 1.05 bits per heavy atom. The predicted octanol–water partition coefficient (Wildman–Crippen LogP) is 5.47. The molecule has 0 amide bonds. The topological polar surface area (TPSA) is 9.23 Å². The van der Waals surface area contributed by atoms with Gasteiger partial charge >= 0.3 is 0 Å². The molecular weight excluding hydrogens is 252 g/mol. The Morgan fingerprint density at radius 2 is 1.89 bits per heavy atom. The first-order chi connectivity index (χ1) is 9.38. The predicted molar refractivity (Wildman–Crippen MR) is 82.1 cm³/mol. The van der Waals surface area contributed by atoms with Gasteiger partial charge in [0, 0.05) is 0 Å². The van der Waals surface area contributed by atoms with Gasteiger partial charge in [-0.15, -0.1) is 0 Å². The summed E-state index contributed by atoms with van der Waals surface area (Å²) >= 11 is 1.74. The fourth-order valence-corrected chi connectivity index (χ4v) is 3.74. The first-order valence-corrected chi connectivity index (χ1v) is 8.03. The van der Waals surface area contributed by atoms with Crippen LogP contribution in [-0.2, 0) is 0 Å². The van der Waals surface area contributed by atoms with Crippen LogP contribution >= 0.6 is 11.3 Å². The minimum absolute atomic E-state index is 0.695. The Hall–Kier alpha value is -1.28. The second kappa shape index (κ2) is 5.79. The molecule has 2 heteroatoms. The molecule has 1 aliphatic carbocycles. The largest absolute Gasteiger partial charge is 0.496 e. The van der Waals surface area contributed by atoms with E-state index in [1.807, 2.05) is 0 Å². The highest BCUT2D eigenvalue weighted by molar-refractivity contribution is 7.08. The van der Waals surface area contributed by atoms with Gasteiger partial charge in [0.1, 0.15) is 5.75 Å². The van der Waals surface area contributed by atoms with Crippen molar-refractivity contribution in [3.8, 4) is 16.9 Å². The molecule has 1 nitrogen and oxygen atoms in total. The molecule has 0 radical (unpaired) electrons. The quantitative estimate of drug-likeness (QED) is 0.719. The summed E-state index contributed by atoms with van der Waals surface area (Å²) in [7, 11) is 1.79. The summed E-state index contributed by atoms with van der Waals surface area (Å²) in [4.78, 5) is 0. The van der Waals surface area contributed by atoms with Crippen LogP contribution in [0.2, 0.25) is 0 Å². The van der Waals surface area contributed by atoms with Crippen LogP contribution in [-0.4, -0.2) is 7.11 Å². The molecule has 19 heavy (non-hydrogen) atoms. The van der Waals surface area contributed by atoms with Crippen LogP contribution in [0.15, 0.2) is 35.0 Å². The zero-order valence-electron chi connectivity index (χ0n) is 11.4. The second-order valence-corrected chi connectivity index (χ2v) is 6.08. The lowest BCUT2D eigenvalue weighted by Gasteiger charge is -2.24. The van der Waals surface area contributed by atoms with E-state index in [1.54, 1.807) is 18.4 Å². The van der Waals surface area contributed by atoms with E-state index in [0.29, 0.717) is 5.92 Å². The number of ether oxygens (including phenoxy) is 1. The summed E-state index contributed by atoms with van der Waals surface area (Å²) < 4.78 is 5.64. The van der Waals surface area contributed by atoms with Gasteiger partial charge in [0.2, 0.25) is 0 Å². The van der Waals surface area contributed by atoms with Crippen molar-refractivity contribution in [2.45, 2.75) is 38.0 Å². The Labute approximate surface area is 119 Å². The maximum atomic E-state index is 5.64. The van der Waals surface area contributed by atoms with Crippen molar-refractivity contribution >= 4 is 11.3 Å². The van der Waals surface area contributed by atoms with E-state index in [2.05, 4.69) is 35.0 Å². The molecule has 2 aromatic rings. The highest BCUT2D eigenvalue weighted by atomic mass is 32.1. The highest BCUT2D eigenvalue weighted by Crippen LogP contribution is 2.39. The van der Waals surface area contributed by atoms with Gasteiger partial charge in [0.25, 0.3) is 0 Å². The second-order valence-electron chi connectivity index (χ2n) is 5.30. The van der Waals surface area contributed by atoms with E-state index < -0.39 is 0 Å². The van der Waals surface area contributed by atoms with E-state index in [-0.39, 0.29) is 0 Å². The van der Waals surface area contributed by atoms with Crippen molar-refractivity contribution in [3.05, 3.63) is 40.6 Å². The molecule has 0 saturated heterocycles. The third-order valence-corrected chi connectivity index (χ3v) is 4.82. The number of rotatable bonds is 3. The molecule has 1 aromatic heterocycles. The fraction of sp³-hybridized carbons (Fsp3) is 0.412. The van der Waals surface area contributed by atoms with Gasteiger partial charge in [-0.1, -0.05) is 31.4 Å². The number of hydrogen-bond acceptors (Lipinski definition) is 2. The minimum Gasteiger partial charge on any atom is -0.496 e. The molecule has 0 aliphatic heterocycles. The van der Waals surface area contributed by atoms with Crippen molar-refractivity contribution in [2.24, 2.45) is 0 Å². The van der Waals surface area contributed by atoms with Crippen molar-refractivity contribution in [1.82, 2.24) is 0 Å². The lowest BCUT2D eigenvalue weighted by molar-refractivity contribution is 0.387. The van der Waals surface area contributed by atoms with Gasteiger partial charge in [0.15, 0.2) is 0 Å². The van der Waals surface area contributed by atoms with Crippen LogP contribution in [0.3, 0.4) is 0 Å². The molecule has 1 heterocycles. The molecule has 1 aromatic carbocycles. The van der Waals surface area contributed by atoms with Crippen molar-refractivity contribution in [1.29, 1.82) is 0 Å². The molecule has 0 unspecified atom stereocenters. The highest BCUT2D eigenvalue weighted by Gasteiger charge is 2.19. The number of benzene rings is 1. The van der Waals surface area contributed by atoms with E-state index in [4.69, 9.17) is 4.74 Å². The summed E-state index contributed by atoms with van der Waals surface area (Å²) in [5, 5.41) is 4.31. The smallest absolute Gasteiger partial charge is 0.122 e. The van der Waals surface area contributed by atoms with Crippen molar-refractivity contribution in [2.75, 3.05) is 7.11 Å². The molecule has 0 N–H and O–H groups in total. The van der Waals surface area contributed by atoms with Gasteiger partial charge < -0.3 is 4.74 Å². The normalized spacial score (nSPS) is 16.5. The Balaban J connectivity index is 1.93. The van der Waals surface area contributed by atoms with Crippen LogP contribution in [0.25, 0.3) is 11.1 Å². The number of thiophene rings is 1. The summed E-state index contributed by atoms with van der Waals surface area (Å²) in [6.45, 7) is 0. The summed E-state index contributed by atoms with van der Waals surface area (Å²) in [6, 6.07) is 8.89. The number of hydrogen-bond donors (Lipinski definition) is 0. The third kappa shape index (κ3) is 2.69. The Kier molecular flexibility index (Phi) is 3.88. The van der Waals surface area contributed by atoms with Gasteiger partial charge in [-0.25, -0.2) is 0 Å². The molecule has 100 valence electrons. The first-order valence-electron chi connectivity index (χ1n) is 7.09. The zero-order chi connectivity index (χ0) is 13.1. The molecule has 3 rings (SSSR count). The molecule has 1 fully saturated rings. The van der Waals surface area contributed by atoms with E-state index in [1.165, 1.54) is 48.8 Å². The summed E-state index contributed by atoms with van der Waals surface area (Å²) in [5.41, 5.74) is 3.96. The molecule has 0 atom stereocenters. The van der Waals surface area contributed by atoms with Gasteiger partial charge in [-0.3, -0.25) is 0 Å². The average Bonchev–Trinajstić information content (AvgIpc) is 3.02. The van der Waals surface area contributed by atoms with Crippen LogP contribution in [0.1, 0.15) is 43.6 Å². The molecule has 1 saturated carbocycles. The van der Waals surface area contributed by atoms with Crippen molar-refractivity contribution < 1.29 is 4.74 Å². The van der Waals surface area contributed by atoms with Crippen molar-refractivity contribution in [3.63, 3.8) is 0 Å². The zero-order valence-corrected chi connectivity index (χ0v) is 12.2. The van der Waals surface area contributed by atoms with E-state index >= 15 is 0 Å². The standard InChI is InChI=1S/C17H20OS/c1-18-17-11-14(15-9-10-19-12-15)7-8-16(17)13-5-3-2-4-6-13/h7-13H,2-6H2,1H3. The molecular formula is C17H20OS. The fourth-order valence-electron chi connectivity index (χ4n) is 3.07. The van der Waals surface area contributed by atoms with Crippen LogP contribution < -0.4 is 4.74 Å². The monoisotopic (exact) mass is 272 g/mol. The first kappa shape index (κ1) is 12.7. The Bertz CT molecular complexity index is 524. The van der Waals surface area contributed by atoms with E-state index in [0.717, 1.165) is 5.75 Å². The minimum atomic E-state index is 0.695. The van der Waals surface area contributed by atoms with E-state index in [9.17, 15) is 0 Å². The lowest BCUT2D eigenvalue weighted by Crippen LogP contribution is -2.06. The maximum Gasteiger partial charge on any atom is 0.122 e. The maximum absolute atomic E-state index is 5.64. The van der Waals surface area contributed by atoms with Crippen LogP contribution in [0.5, 0.6) is 5.75 Å². The average molecular weight is 272 g/mol. The van der Waals surface area contributed by atoms with Crippen LogP contribution in [0, 0.1) is 0 Å². The number of methoxy groups -OCH3 is 1. The van der Waals surface area contributed by atoms with Gasteiger partial charge in [-0.2, -0.15) is 11.3 Å². The Morgan fingerprint density at radius 3 is 2.58 bits per heavy atom. The SMILES string of the molecule is COc1cc(-c2ccsc2)ccc1C1CCCCC1. The lowest BCUT2D eigenvalue weighted by atomic mass is 9.83. The molecule has 0 bridgehead atoms. The van der Waals surface area contributed by atoms with Gasteiger partial charge in [0.05, 0.1) is 7.11 Å². The summed E-state index contributed by atoms with van der Waals surface area (Å²) in [5.74, 6) is 1.76.